The lowest BCUT2D eigenvalue weighted by atomic mass is 9.75. The molecule has 3 aromatic carbocycles. The molecule has 1 spiro atoms. The molecule has 2 saturated carbocycles. The van der Waals surface area contributed by atoms with Crippen molar-refractivity contribution in [1.29, 1.82) is 0 Å². The first-order chi connectivity index (χ1) is 18.2. The maximum atomic E-state index is 15.1. The Bertz CT molecular complexity index is 1410. The summed E-state index contributed by atoms with van der Waals surface area (Å²) in [6, 6.07) is 17.3. The lowest BCUT2D eigenvalue weighted by molar-refractivity contribution is -0.139. The molecule has 38 heavy (non-hydrogen) atoms. The largest absolute Gasteiger partial charge is 0.497 e. The monoisotopic (exact) mass is 514 g/mol. The lowest BCUT2D eigenvalue weighted by Crippen LogP contribution is -2.17. The van der Waals surface area contributed by atoms with E-state index in [1.54, 1.807) is 19.2 Å². The number of aliphatic carboxylic acids is 1. The van der Waals surface area contributed by atoms with Crippen LogP contribution >= 0.6 is 0 Å². The van der Waals surface area contributed by atoms with Gasteiger partial charge in [0, 0.05) is 11.0 Å². The highest BCUT2D eigenvalue weighted by Gasteiger charge is 2.61. The van der Waals surface area contributed by atoms with Gasteiger partial charge in [0.15, 0.2) is 0 Å². The molecule has 3 atom stereocenters. The van der Waals surface area contributed by atoms with E-state index in [9.17, 15) is 9.90 Å². The van der Waals surface area contributed by atoms with E-state index < -0.39 is 5.97 Å². The summed E-state index contributed by atoms with van der Waals surface area (Å²) in [6.45, 7) is 5.01. The molecule has 1 unspecified atom stereocenters. The first-order valence-corrected chi connectivity index (χ1v) is 13.7. The first kappa shape index (κ1) is 25.0. The minimum absolute atomic E-state index is 0.128. The van der Waals surface area contributed by atoms with E-state index in [0.29, 0.717) is 23.8 Å². The molecular formula is C33H35FO4. The van der Waals surface area contributed by atoms with Gasteiger partial charge in [-0.05, 0) is 102 Å². The minimum Gasteiger partial charge on any atom is -0.497 e. The molecule has 1 N–H and O–H groups in total. The van der Waals surface area contributed by atoms with E-state index in [1.807, 2.05) is 18.2 Å². The van der Waals surface area contributed by atoms with Crippen LogP contribution < -0.4 is 9.47 Å². The summed E-state index contributed by atoms with van der Waals surface area (Å²) in [5.74, 6) is 0.511. The van der Waals surface area contributed by atoms with Gasteiger partial charge in [0.25, 0.3) is 0 Å². The second-order valence-corrected chi connectivity index (χ2v) is 12.1. The van der Waals surface area contributed by atoms with Crippen molar-refractivity contribution in [2.45, 2.75) is 70.3 Å². The third-order valence-corrected chi connectivity index (χ3v) is 9.45. The Labute approximate surface area is 223 Å². The third kappa shape index (κ3) is 4.16. The number of aryl methyl sites for hydroxylation is 1. The number of carboxylic acids is 1. The van der Waals surface area contributed by atoms with Gasteiger partial charge in [0.1, 0.15) is 23.9 Å². The van der Waals surface area contributed by atoms with Crippen LogP contribution in [-0.4, -0.2) is 18.2 Å². The number of halogens is 1. The highest BCUT2D eigenvalue weighted by Crippen LogP contribution is 2.62. The molecule has 0 aliphatic heterocycles. The second kappa shape index (κ2) is 9.14. The van der Waals surface area contributed by atoms with Crippen LogP contribution in [-0.2, 0) is 23.2 Å². The fraction of sp³-hybridized carbons (Fsp3) is 0.424. The Balaban J connectivity index is 1.30. The molecule has 0 amide bonds. The lowest BCUT2D eigenvalue weighted by Gasteiger charge is -2.30. The molecule has 3 aromatic rings. The van der Waals surface area contributed by atoms with Gasteiger partial charge in [-0.1, -0.05) is 44.5 Å². The summed E-state index contributed by atoms with van der Waals surface area (Å²) in [5.41, 5.74) is 6.01. The summed E-state index contributed by atoms with van der Waals surface area (Å²) in [6.07, 6.45) is 5.95. The van der Waals surface area contributed by atoms with Crippen molar-refractivity contribution in [3.05, 3.63) is 82.7 Å². The number of ether oxygens (including phenoxy) is 2. The van der Waals surface area contributed by atoms with Gasteiger partial charge >= 0.3 is 5.97 Å². The van der Waals surface area contributed by atoms with Gasteiger partial charge in [0.05, 0.1) is 13.0 Å². The summed E-state index contributed by atoms with van der Waals surface area (Å²) in [5, 5.41) is 9.57. The molecule has 6 rings (SSSR count). The number of hydrogen-bond acceptors (Lipinski definition) is 3. The van der Waals surface area contributed by atoms with Gasteiger partial charge < -0.3 is 14.6 Å². The first-order valence-electron chi connectivity index (χ1n) is 13.7. The second-order valence-electron chi connectivity index (χ2n) is 12.1. The van der Waals surface area contributed by atoms with E-state index in [1.165, 1.54) is 11.6 Å². The van der Waals surface area contributed by atoms with Gasteiger partial charge in [-0.15, -0.1) is 0 Å². The smallest absolute Gasteiger partial charge is 0.307 e. The molecule has 0 aromatic heterocycles. The molecule has 5 heteroatoms. The number of benzene rings is 3. The van der Waals surface area contributed by atoms with Crippen LogP contribution in [0.2, 0.25) is 0 Å². The SMILES string of the molecule is COc1ccc(F)c(-c2ccc(COc3ccc4c(c3)[C@]3(CC4)C[C@@H]3C(=O)O)cc2C2CCCC2(C)C)c1. The third-order valence-electron chi connectivity index (χ3n) is 9.45. The van der Waals surface area contributed by atoms with Crippen LogP contribution in [0.25, 0.3) is 11.1 Å². The Morgan fingerprint density at radius 1 is 1.03 bits per heavy atom. The normalized spacial score (nSPS) is 24.8. The van der Waals surface area contributed by atoms with Crippen LogP contribution in [0.15, 0.2) is 54.6 Å². The van der Waals surface area contributed by atoms with Crippen molar-refractivity contribution in [1.82, 2.24) is 0 Å². The van der Waals surface area contributed by atoms with E-state index in [-0.39, 0.29) is 22.6 Å². The predicted octanol–water partition coefficient (Wildman–Crippen LogP) is 7.66. The topological polar surface area (TPSA) is 55.8 Å². The van der Waals surface area contributed by atoms with Gasteiger partial charge in [-0.3, -0.25) is 4.79 Å². The molecule has 3 aliphatic rings. The summed E-state index contributed by atoms with van der Waals surface area (Å²) in [4.78, 5) is 11.6. The summed E-state index contributed by atoms with van der Waals surface area (Å²) < 4.78 is 26.7. The van der Waals surface area contributed by atoms with Crippen LogP contribution in [0, 0.1) is 17.2 Å². The van der Waals surface area contributed by atoms with Crippen molar-refractivity contribution in [3.63, 3.8) is 0 Å². The van der Waals surface area contributed by atoms with Gasteiger partial charge in [0.2, 0.25) is 0 Å². The zero-order chi connectivity index (χ0) is 26.7. The average molecular weight is 515 g/mol. The van der Waals surface area contributed by atoms with Crippen LogP contribution in [0.5, 0.6) is 11.5 Å². The molecule has 4 nitrogen and oxygen atoms in total. The molecule has 0 radical (unpaired) electrons. The number of fused-ring (bicyclic) bond motifs is 2. The molecule has 2 fully saturated rings. The van der Waals surface area contributed by atoms with E-state index in [4.69, 9.17) is 9.47 Å². The fourth-order valence-corrected chi connectivity index (χ4v) is 7.17. The molecule has 0 heterocycles. The van der Waals surface area contributed by atoms with E-state index in [2.05, 4.69) is 32.0 Å². The predicted molar refractivity (Wildman–Crippen MR) is 145 cm³/mol. The van der Waals surface area contributed by atoms with Crippen molar-refractivity contribution < 1.29 is 23.8 Å². The highest BCUT2D eigenvalue weighted by molar-refractivity contribution is 5.78. The van der Waals surface area contributed by atoms with Gasteiger partial charge in [-0.2, -0.15) is 0 Å². The molecular weight excluding hydrogens is 479 g/mol. The molecule has 0 bridgehead atoms. The Morgan fingerprint density at radius 2 is 1.84 bits per heavy atom. The van der Waals surface area contributed by atoms with E-state index >= 15 is 4.39 Å². The molecule has 3 aliphatic carbocycles. The van der Waals surface area contributed by atoms with Crippen molar-refractivity contribution in [2.75, 3.05) is 7.11 Å². The van der Waals surface area contributed by atoms with Gasteiger partial charge in [-0.25, -0.2) is 4.39 Å². The highest BCUT2D eigenvalue weighted by atomic mass is 19.1. The zero-order valence-corrected chi connectivity index (χ0v) is 22.4. The number of rotatable bonds is 7. The maximum absolute atomic E-state index is 15.1. The molecule has 0 saturated heterocycles. The summed E-state index contributed by atoms with van der Waals surface area (Å²) in [7, 11) is 1.60. The zero-order valence-electron chi connectivity index (χ0n) is 22.4. The van der Waals surface area contributed by atoms with Crippen molar-refractivity contribution in [2.24, 2.45) is 11.3 Å². The standard InChI is InChI=1S/C33H35FO4/c1-32(2)13-4-5-27(32)25-15-20(6-10-24(25)26-16-22(37-3)9-11-30(26)34)19-38-23-8-7-21-12-14-33(28(21)17-23)18-29(33)31(35)36/h6-11,15-17,27,29H,4-5,12-14,18-19H2,1-3H3,(H,35,36)/t27?,29-,33+/m1/s1. The number of hydrogen-bond donors (Lipinski definition) is 1. The Kier molecular flexibility index (Phi) is 6.01. The van der Waals surface area contributed by atoms with Crippen molar-refractivity contribution in [3.8, 4) is 22.6 Å². The van der Waals surface area contributed by atoms with Crippen LogP contribution in [0.1, 0.15) is 74.1 Å². The Hall–Kier alpha value is -3.34. The molecule has 198 valence electrons. The number of methoxy groups -OCH3 is 1. The minimum atomic E-state index is -0.695. The van der Waals surface area contributed by atoms with E-state index in [0.717, 1.165) is 66.5 Å². The van der Waals surface area contributed by atoms with Crippen LogP contribution in [0.3, 0.4) is 0 Å². The fourth-order valence-electron chi connectivity index (χ4n) is 7.17. The summed E-state index contributed by atoms with van der Waals surface area (Å²) >= 11 is 0. The Morgan fingerprint density at radius 3 is 2.55 bits per heavy atom. The van der Waals surface area contributed by atoms with Crippen molar-refractivity contribution >= 4 is 5.97 Å². The quantitative estimate of drug-likeness (QED) is 0.352. The number of carbonyl (C=O) groups is 1. The number of carboxylic acid groups (broad SMARTS) is 1. The average Bonchev–Trinajstić information content (AvgIpc) is 3.39. The van der Waals surface area contributed by atoms with Crippen LogP contribution in [0.4, 0.5) is 4.39 Å². The maximum Gasteiger partial charge on any atom is 0.307 e.